The lowest BCUT2D eigenvalue weighted by atomic mass is 10.2. The molecule has 1 aliphatic heterocycles. The number of nitrogens with one attached hydrogen (secondary N) is 2. The lowest BCUT2D eigenvalue weighted by Crippen LogP contribution is -2.24. The van der Waals surface area contributed by atoms with Gasteiger partial charge in [0.2, 0.25) is 12.7 Å². The highest BCUT2D eigenvalue weighted by atomic mass is 16.7. The number of aromatic amines is 1. The molecule has 0 bridgehead atoms. The first kappa shape index (κ1) is 15.8. The Kier molecular flexibility index (Phi) is 3.81. The van der Waals surface area contributed by atoms with Crippen LogP contribution in [0.25, 0.3) is 17.0 Å². The van der Waals surface area contributed by atoms with Gasteiger partial charge in [-0.3, -0.25) is 4.79 Å². The van der Waals surface area contributed by atoms with Crippen LogP contribution >= 0.6 is 0 Å². The molecule has 130 valence electrons. The fourth-order valence-electron chi connectivity index (χ4n) is 2.78. The Balaban J connectivity index is 1.58. The SMILES string of the molecule is O=C(C=Cc1ccc2c(c1)OCO2)Nc1c(C(=O)[O-])[nH]c2ccccc12. The van der Waals surface area contributed by atoms with E-state index in [9.17, 15) is 14.7 Å². The van der Waals surface area contributed by atoms with Crippen molar-refractivity contribution in [2.45, 2.75) is 0 Å². The summed E-state index contributed by atoms with van der Waals surface area (Å²) < 4.78 is 10.5. The first-order chi connectivity index (χ1) is 12.6. The number of rotatable bonds is 4. The van der Waals surface area contributed by atoms with Crippen LogP contribution in [0.3, 0.4) is 0 Å². The zero-order valence-electron chi connectivity index (χ0n) is 13.4. The molecule has 3 aromatic rings. The van der Waals surface area contributed by atoms with Gasteiger partial charge in [-0.15, -0.1) is 0 Å². The number of anilines is 1. The van der Waals surface area contributed by atoms with Gasteiger partial charge in [0.25, 0.3) is 0 Å². The maximum Gasteiger partial charge on any atom is 0.248 e. The smallest absolute Gasteiger partial charge is 0.248 e. The van der Waals surface area contributed by atoms with Crippen molar-refractivity contribution in [3.8, 4) is 11.5 Å². The zero-order chi connectivity index (χ0) is 18.1. The number of carboxylic acid groups (broad SMARTS) is 1. The summed E-state index contributed by atoms with van der Waals surface area (Å²) in [7, 11) is 0. The molecule has 0 saturated carbocycles. The molecule has 2 N–H and O–H groups in total. The molecule has 0 radical (unpaired) electrons. The fraction of sp³-hybridized carbons (Fsp3) is 0.0526. The predicted molar refractivity (Wildman–Crippen MR) is 92.9 cm³/mol. The minimum atomic E-state index is -1.39. The van der Waals surface area contributed by atoms with Gasteiger partial charge in [-0.1, -0.05) is 24.3 Å². The van der Waals surface area contributed by atoms with E-state index in [-0.39, 0.29) is 18.2 Å². The van der Waals surface area contributed by atoms with E-state index in [1.54, 1.807) is 48.5 Å². The standard InChI is InChI=1S/C19H14N2O5/c22-16(8-6-11-5-7-14-15(9-11)26-10-25-14)21-17-12-3-1-2-4-13(12)20-18(17)19(23)24/h1-9,20H,10H2,(H,21,22)(H,23,24)/p-1. The van der Waals surface area contributed by atoms with Crippen LogP contribution in [0.2, 0.25) is 0 Å². The number of hydrogen-bond donors (Lipinski definition) is 2. The van der Waals surface area contributed by atoms with Crippen LogP contribution < -0.4 is 19.9 Å². The van der Waals surface area contributed by atoms with Crippen LogP contribution in [-0.2, 0) is 4.79 Å². The number of benzene rings is 2. The molecule has 7 nitrogen and oxygen atoms in total. The van der Waals surface area contributed by atoms with Crippen molar-refractivity contribution in [3.05, 3.63) is 59.8 Å². The quantitative estimate of drug-likeness (QED) is 0.700. The van der Waals surface area contributed by atoms with E-state index in [0.29, 0.717) is 22.4 Å². The van der Waals surface area contributed by atoms with Crippen LogP contribution in [0.4, 0.5) is 5.69 Å². The van der Waals surface area contributed by atoms with E-state index in [1.165, 1.54) is 6.08 Å². The summed E-state index contributed by atoms with van der Waals surface area (Å²) in [6.07, 6.45) is 2.92. The van der Waals surface area contributed by atoms with Crippen molar-refractivity contribution in [1.29, 1.82) is 0 Å². The number of aromatic carboxylic acids is 1. The second-order valence-corrected chi connectivity index (χ2v) is 5.64. The van der Waals surface area contributed by atoms with E-state index in [0.717, 1.165) is 5.56 Å². The molecule has 0 saturated heterocycles. The van der Waals surface area contributed by atoms with E-state index in [2.05, 4.69) is 10.3 Å². The highest BCUT2D eigenvalue weighted by molar-refractivity contribution is 6.13. The largest absolute Gasteiger partial charge is 0.543 e. The van der Waals surface area contributed by atoms with Crippen LogP contribution in [0.1, 0.15) is 16.1 Å². The number of H-pyrrole nitrogens is 1. The number of carbonyl (C=O) groups is 2. The van der Waals surface area contributed by atoms with Gasteiger partial charge in [0, 0.05) is 17.0 Å². The third kappa shape index (κ3) is 2.86. The van der Waals surface area contributed by atoms with Crippen LogP contribution in [0.15, 0.2) is 48.5 Å². The maximum absolute atomic E-state index is 12.3. The highest BCUT2D eigenvalue weighted by Crippen LogP contribution is 2.33. The van der Waals surface area contributed by atoms with Crippen molar-refractivity contribution < 1.29 is 24.2 Å². The molecule has 2 heterocycles. The zero-order valence-corrected chi connectivity index (χ0v) is 13.4. The highest BCUT2D eigenvalue weighted by Gasteiger charge is 2.14. The Morgan fingerprint density at radius 3 is 2.77 bits per heavy atom. The van der Waals surface area contributed by atoms with Gasteiger partial charge in [0.1, 0.15) is 0 Å². The van der Waals surface area contributed by atoms with Crippen molar-refractivity contribution in [2.24, 2.45) is 0 Å². The van der Waals surface area contributed by atoms with Gasteiger partial charge in [-0.25, -0.2) is 0 Å². The van der Waals surface area contributed by atoms with E-state index in [4.69, 9.17) is 9.47 Å². The molecular formula is C19H13N2O5-. The first-order valence-corrected chi connectivity index (χ1v) is 7.82. The Hall–Kier alpha value is -3.74. The van der Waals surface area contributed by atoms with Gasteiger partial charge in [0.15, 0.2) is 11.5 Å². The molecule has 1 aromatic heterocycles. The number of carboxylic acids is 1. The third-order valence-corrected chi connectivity index (χ3v) is 3.98. The summed E-state index contributed by atoms with van der Waals surface area (Å²) in [5.41, 5.74) is 1.36. The van der Waals surface area contributed by atoms with Crippen LogP contribution in [-0.4, -0.2) is 23.7 Å². The van der Waals surface area contributed by atoms with Crippen molar-refractivity contribution in [3.63, 3.8) is 0 Å². The molecule has 0 atom stereocenters. The van der Waals surface area contributed by atoms with Gasteiger partial charge in [0.05, 0.1) is 17.4 Å². The minimum absolute atomic E-state index is 0.170. The summed E-state index contributed by atoms with van der Waals surface area (Å²) in [4.78, 5) is 26.3. The average molecular weight is 349 g/mol. The number of carbonyl (C=O) groups excluding carboxylic acids is 2. The molecule has 7 heteroatoms. The Morgan fingerprint density at radius 1 is 1.12 bits per heavy atom. The monoisotopic (exact) mass is 349 g/mol. The Bertz CT molecular complexity index is 1050. The molecule has 0 spiro atoms. The first-order valence-electron chi connectivity index (χ1n) is 7.82. The fourth-order valence-corrected chi connectivity index (χ4v) is 2.78. The van der Waals surface area contributed by atoms with Crippen LogP contribution in [0, 0.1) is 0 Å². The molecule has 1 aliphatic rings. The molecule has 26 heavy (non-hydrogen) atoms. The molecule has 4 rings (SSSR count). The lowest BCUT2D eigenvalue weighted by molar-refractivity contribution is -0.255. The van der Waals surface area contributed by atoms with Gasteiger partial charge in [-0.2, -0.15) is 0 Å². The lowest BCUT2D eigenvalue weighted by Gasteiger charge is -2.06. The number of aromatic nitrogens is 1. The van der Waals surface area contributed by atoms with Crippen molar-refractivity contribution in [1.82, 2.24) is 4.98 Å². The number of fused-ring (bicyclic) bond motifs is 2. The Morgan fingerprint density at radius 2 is 1.92 bits per heavy atom. The molecule has 0 unspecified atom stereocenters. The van der Waals surface area contributed by atoms with Crippen LogP contribution in [0.5, 0.6) is 11.5 Å². The summed E-state index contributed by atoms with van der Waals surface area (Å²) in [5.74, 6) is -0.585. The van der Waals surface area contributed by atoms with E-state index < -0.39 is 11.9 Å². The minimum Gasteiger partial charge on any atom is -0.543 e. The third-order valence-electron chi connectivity index (χ3n) is 3.98. The van der Waals surface area contributed by atoms with Gasteiger partial charge >= 0.3 is 0 Å². The topological polar surface area (TPSA) is 103 Å². The second-order valence-electron chi connectivity index (χ2n) is 5.64. The summed E-state index contributed by atoms with van der Waals surface area (Å²) in [6, 6.07) is 12.3. The summed E-state index contributed by atoms with van der Waals surface area (Å²) in [5, 5.41) is 14.5. The number of amides is 1. The molecule has 0 aliphatic carbocycles. The predicted octanol–water partition coefficient (Wildman–Crippen LogP) is 1.91. The summed E-state index contributed by atoms with van der Waals surface area (Å²) >= 11 is 0. The van der Waals surface area contributed by atoms with Gasteiger partial charge in [-0.05, 0) is 29.8 Å². The molecule has 0 fully saturated rings. The Labute approximate surface area is 147 Å². The van der Waals surface area contributed by atoms with E-state index in [1.807, 2.05) is 0 Å². The molecular weight excluding hydrogens is 336 g/mol. The number of para-hydroxylation sites is 1. The molecule has 1 amide bonds. The van der Waals surface area contributed by atoms with Crippen molar-refractivity contribution in [2.75, 3.05) is 12.1 Å². The van der Waals surface area contributed by atoms with Crippen molar-refractivity contribution >= 4 is 34.5 Å². The maximum atomic E-state index is 12.3. The van der Waals surface area contributed by atoms with E-state index >= 15 is 0 Å². The normalized spacial score (nSPS) is 12.6. The number of hydrogen-bond acceptors (Lipinski definition) is 5. The molecule has 2 aromatic carbocycles. The second kappa shape index (κ2) is 6.29. The van der Waals surface area contributed by atoms with Gasteiger partial charge < -0.3 is 29.7 Å². The number of ether oxygens (including phenoxy) is 2. The summed E-state index contributed by atoms with van der Waals surface area (Å²) in [6.45, 7) is 0.176. The average Bonchev–Trinajstić information content (AvgIpc) is 3.24.